The van der Waals surface area contributed by atoms with E-state index in [0.29, 0.717) is 11.3 Å². The Kier molecular flexibility index (Phi) is 5.81. The molecule has 142 valence electrons. The van der Waals surface area contributed by atoms with Crippen LogP contribution < -0.4 is 15.4 Å². The predicted octanol–water partition coefficient (Wildman–Crippen LogP) is 3.27. The van der Waals surface area contributed by atoms with E-state index in [4.69, 9.17) is 4.74 Å². The molecule has 0 bridgehead atoms. The maximum absolute atomic E-state index is 12.5. The fraction of sp³-hybridized carbons (Fsp3) is 0.100. The first kappa shape index (κ1) is 18.8. The lowest BCUT2D eigenvalue weighted by atomic mass is 10.2. The molecule has 0 saturated heterocycles. The van der Waals surface area contributed by atoms with Gasteiger partial charge in [0, 0.05) is 17.6 Å². The number of rotatable bonds is 6. The van der Waals surface area contributed by atoms with Gasteiger partial charge in [-0.15, -0.1) is 0 Å². The number of ether oxygens (including phenoxy) is 2. The second-order valence-electron chi connectivity index (χ2n) is 5.65. The highest BCUT2D eigenvalue weighted by Crippen LogP contribution is 2.18. The summed E-state index contributed by atoms with van der Waals surface area (Å²) in [6.07, 6.45) is 1.48. The van der Waals surface area contributed by atoms with Crippen LogP contribution in [0, 0.1) is 0 Å². The predicted molar refractivity (Wildman–Crippen MR) is 104 cm³/mol. The summed E-state index contributed by atoms with van der Waals surface area (Å²) in [5.74, 6) is 0.0984. The molecule has 1 heterocycles. The van der Waals surface area contributed by atoms with Gasteiger partial charge in [-0.05, 0) is 48.5 Å². The number of esters is 1. The molecule has 0 atom stereocenters. The summed E-state index contributed by atoms with van der Waals surface area (Å²) in [6, 6.07) is 15.2. The molecule has 8 nitrogen and oxygen atoms in total. The van der Waals surface area contributed by atoms with Crippen molar-refractivity contribution in [3.05, 3.63) is 72.1 Å². The molecular formula is C20H18N4O4. The van der Waals surface area contributed by atoms with Crippen LogP contribution in [0.15, 0.2) is 60.8 Å². The lowest BCUT2D eigenvalue weighted by Crippen LogP contribution is -2.15. The maximum atomic E-state index is 12.5. The quantitative estimate of drug-likeness (QED) is 0.635. The molecule has 8 heteroatoms. The van der Waals surface area contributed by atoms with Gasteiger partial charge in [-0.3, -0.25) is 4.79 Å². The van der Waals surface area contributed by atoms with Crippen molar-refractivity contribution in [2.75, 3.05) is 24.9 Å². The fourth-order valence-corrected chi connectivity index (χ4v) is 2.39. The highest BCUT2D eigenvalue weighted by molar-refractivity contribution is 6.03. The first-order valence-corrected chi connectivity index (χ1v) is 8.33. The van der Waals surface area contributed by atoms with Gasteiger partial charge in [-0.1, -0.05) is 6.07 Å². The van der Waals surface area contributed by atoms with Crippen LogP contribution in [0.1, 0.15) is 20.8 Å². The smallest absolute Gasteiger partial charge is 0.337 e. The van der Waals surface area contributed by atoms with E-state index in [-0.39, 0.29) is 11.6 Å². The minimum Gasteiger partial charge on any atom is -0.497 e. The number of hydrogen-bond acceptors (Lipinski definition) is 7. The molecule has 2 N–H and O–H groups in total. The maximum Gasteiger partial charge on any atom is 0.337 e. The molecule has 3 aromatic rings. The summed E-state index contributed by atoms with van der Waals surface area (Å²) >= 11 is 0. The molecule has 0 unspecified atom stereocenters. The topological polar surface area (TPSA) is 102 Å². The number of benzene rings is 2. The Morgan fingerprint density at radius 2 is 1.75 bits per heavy atom. The highest BCUT2D eigenvalue weighted by atomic mass is 16.5. The molecular weight excluding hydrogens is 360 g/mol. The van der Waals surface area contributed by atoms with E-state index in [1.165, 1.54) is 25.4 Å². The van der Waals surface area contributed by atoms with Crippen LogP contribution >= 0.6 is 0 Å². The summed E-state index contributed by atoms with van der Waals surface area (Å²) in [7, 11) is 2.89. The number of methoxy groups -OCH3 is 2. The van der Waals surface area contributed by atoms with Crippen molar-refractivity contribution in [2.45, 2.75) is 0 Å². The van der Waals surface area contributed by atoms with Gasteiger partial charge in [0.15, 0.2) is 0 Å². The van der Waals surface area contributed by atoms with Crippen LogP contribution in [0.2, 0.25) is 0 Å². The Hall–Kier alpha value is -3.94. The van der Waals surface area contributed by atoms with E-state index in [9.17, 15) is 9.59 Å². The van der Waals surface area contributed by atoms with Gasteiger partial charge in [0.1, 0.15) is 11.4 Å². The van der Waals surface area contributed by atoms with E-state index in [1.54, 1.807) is 37.4 Å². The number of aromatic nitrogens is 2. The van der Waals surface area contributed by atoms with Crippen molar-refractivity contribution >= 4 is 29.2 Å². The lowest BCUT2D eigenvalue weighted by Gasteiger charge is -2.08. The molecule has 1 amide bonds. The first-order valence-electron chi connectivity index (χ1n) is 8.33. The summed E-state index contributed by atoms with van der Waals surface area (Å²) in [6.45, 7) is 0. The summed E-state index contributed by atoms with van der Waals surface area (Å²) in [5.41, 5.74) is 1.72. The van der Waals surface area contributed by atoms with Crippen molar-refractivity contribution < 1.29 is 19.1 Å². The van der Waals surface area contributed by atoms with Crippen molar-refractivity contribution in [3.8, 4) is 5.75 Å². The number of carbonyl (C=O) groups is 2. The third kappa shape index (κ3) is 4.61. The molecule has 0 saturated carbocycles. The van der Waals surface area contributed by atoms with Gasteiger partial charge >= 0.3 is 5.97 Å². The minimum atomic E-state index is -0.482. The standard InChI is InChI=1S/C20H18N4O4/c1-27-16-8-6-14(7-9-16)23-20-21-11-10-17(24-20)18(25)22-15-5-3-4-13(12-15)19(26)28-2/h3-12H,1-2H3,(H,22,25)(H,21,23,24). The molecule has 0 aliphatic rings. The van der Waals surface area contributed by atoms with Gasteiger partial charge in [-0.25, -0.2) is 14.8 Å². The number of anilines is 3. The molecule has 0 spiro atoms. The van der Waals surface area contributed by atoms with E-state index in [2.05, 4.69) is 25.3 Å². The number of carbonyl (C=O) groups excluding carboxylic acids is 2. The molecule has 0 aliphatic heterocycles. The zero-order chi connectivity index (χ0) is 19.9. The lowest BCUT2D eigenvalue weighted by molar-refractivity contribution is 0.0600. The van der Waals surface area contributed by atoms with Crippen LogP contribution in [0.3, 0.4) is 0 Å². The monoisotopic (exact) mass is 378 g/mol. The van der Waals surface area contributed by atoms with Crippen molar-refractivity contribution in [2.24, 2.45) is 0 Å². The van der Waals surface area contributed by atoms with Crippen molar-refractivity contribution in [1.82, 2.24) is 9.97 Å². The number of hydrogen-bond donors (Lipinski definition) is 2. The number of nitrogens with zero attached hydrogens (tertiary/aromatic N) is 2. The number of amides is 1. The van der Waals surface area contributed by atoms with Crippen LogP contribution in [-0.2, 0) is 4.74 Å². The first-order chi connectivity index (χ1) is 13.6. The average Bonchev–Trinajstić information content (AvgIpc) is 2.74. The molecule has 2 aromatic carbocycles. The summed E-state index contributed by atoms with van der Waals surface area (Å²) < 4.78 is 9.80. The largest absolute Gasteiger partial charge is 0.497 e. The molecule has 0 fully saturated rings. The molecule has 0 aliphatic carbocycles. The van der Waals surface area contributed by atoms with Crippen LogP contribution in [0.25, 0.3) is 0 Å². The fourth-order valence-electron chi connectivity index (χ4n) is 2.39. The SMILES string of the molecule is COC(=O)c1cccc(NC(=O)c2ccnc(Nc3ccc(OC)cc3)n2)c1. The Balaban J connectivity index is 1.72. The van der Waals surface area contributed by atoms with Crippen molar-refractivity contribution in [3.63, 3.8) is 0 Å². The zero-order valence-corrected chi connectivity index (χ0v) is 15.3. The van der Waals surface area contributed by atoms with Gasteiger partial charge in [0.2, 0.25) is 5.95 Å². The average molecular weight is 378 g/mol. The van der Waals surface area contributed by atoms with Gasteiger partial charge in [-0.2, -0.15) is 0 Å². The van der Waals surface area contributed by atoms with Crippen LogP contribution in [0.5, 0.6) is 5.75 Å². The summed E-state index contributed by atoms with van der Waals surface area (Å²) in [4.78, 5) is 32.4. The highest BCUT2D eigenvalue weighted by Gasteiger charge is 2.11. The Bertz CT molecular complexity index is 990. The molecule has 0 radical (unpaired) electrons. The summed E-state index contributed by atoms with van der Waals surface area (Å²) in [5, 5.41) is 5.73. The van der Waals surface area contributed by atoms with Gasteiger partial charge < -0.3 is 20.1 Å². The molecule has 28 heavy (non-hydrogen) atoms. The minimum absolute atomic E-state index is 0.175. The van der Waals surface area contributed by atoms with E-state index < -0.39 is 11.9 Å². The normalized spacial score (nSPS) is 10.1. The van der Waals surface area contributed by atoms with E-state index >= 15 is 0 Å². The van der Waals surface area contributed by atoms with Crippen LogP contribution in [0.4, 0.5) is 17.3 Å². The third-order valence-corrected chi connectivity index (χ3v) is 3.78. The van der Waals surface area contributed by atoms with Crippen molar-refractivity contribution in [1.29, 1.82) is 0 Å². The van der Waals surface area contributed by atoms with Gasteiger partial charge in [0.05, 0.1) is 19.8 Å². The Labute approximate surface area is 161 Å². The van der Waals surface area contributed by atoms with Crippen LogP contribution in [-0.4, -0.2) is 36.1 Å². The zero-order valence-electron chi connectivity index (χ0n) is 15.3. The third-order valence-electron chi connectivity index (χ3n) is 3.78. The Morgan fingerprint density at radius 3 is 2.46 bits per heavy atom. The molecule has 1 aromatic heterocycles. The van der Waals surface area contributed by atoms with Gasteiger partial charge in [0.25, 0.3) is 5.91 Å². The second kappa shape index (κ2) is 8.63. The second-order valence-corrected chi connectivity index (χ2v) is 5.65. The van der Waals surface area contributed by atoms with E-state index in [1.807, 2.05) is 12.1 Å². The molecule has 3 rings (SSSR count). The number of nitrogens with one attached hydrogen (secondary N) is 2. The van der Waals surface area contributed by atoms with E-state index in [0.717, 1.165) is 11.4 Å². The Morgan fingerprint density at radius 1 is 0.964 bits per heavy atom.